The smallest absolute Gasteiger partial charge is 0.272 e. The third-order valence-corrected chi connectivity index (χ3v) is 6.17. The van der Waals surface area contributed by atoms with Crippen LogP contribution in [0.5, 0.6) is 0 Å². The van der Waals surface area contributed by atoms with Gasteiger partial charge in [-0.25, -0.2) is 0 Å². The van der Waals surface area contributed by atoms with Gasteiger partial charge in [-0.2, -0.15) is 0 Å². The topological polar surface area (TPSA) is 99.9 Å². The Kier molecular flexibility index (Phi) is 6.45. The van der Waals surface area contributed by atoms with E-state index in [4.69, 9.17) is 17.2 Å². The number of nitrogens with one attached hydrogen (secondary N) is 2. The molecule has 0 saturated heterocycles. The lowest BCUT2D eigenvalue weighted by Crippen LogP contribution is -2.47. The highest BCUT2D eigenvalue weighted by Crippen LogP contribution is 2.33. The molecule has 1 aliphatic heterocycles. The van der Waals surface area contributed by atoms with Crippen molar-refractivity contribution in [1.29, 1.82) is 0 Å². The Morgan fingerprint density at radius 2 is 1.91 bits per heavy atom. The predicted octanol–water partition coefficient (Wildman–Crippen LogP) is 4.25. The van der Waals surface area contributed by atoms with E-state index >= 15 is 0 Å². The molecule has 2 N–H and O–H groups in total. The third-order valence-electron chi connectivity index (χ3n) is 5.95. The normalized spacial score (nSPS) is 18.9. The lowest BCUT2D eigenvalue weighted by molar-refractivity contribution is -0.384. The van der Waals surface area contributed by atoms with Gasteiger partial charge >= 0.3 is 0 Å². The molecule has 1 unspecified atom stereocenters. The number of hydrogen-bond acceptors (Lipinski definition) is 5. The van der Waals surface area contributed by atoms with Gasteiger partial charge in [-0.15, -0.1) is 0 Å². The first-order valence-corrected chi connectivity index (χ1v) is 11.1. The van der Waals surface area contributed by atoms with Crippen molar-refractivity contribution in [1.82, 2.24) is 5.32 Å². The van der Waals surface area contributed by atoms with Crippen molar-refractivity contribution in [2.24, 2.45) is 10.9 Å². The number of nitro groups is 1. The molecule has 0 spiro atoms. The molecule has 166 valence electrons. The number of thiocarbonyl (C=S) groups is 1. The van der Waals surface area contributed by atoms with Gasteiger partial charge in [0.25, 0.3) is 11.6 Å². The molecule has 1 fully saturated rings. The number of benzene rings is 2. The third kappa shape index (κ3) is 4.62. The Labute approximate surface area is 191 Å². The van der Waals surface area contributed by atoms with Crippen LogP contribution in [0, 0.1) is 16.0 Å². The molecule has 4 rings (SSSR count). The second-order valence-electron chi connectivity index (χ2n) is 8.07. The largest absolute Gasteiger partial charge is 0.333 e. The highest BCUT2D eigenvalue weighted by atomic mass is 32.1. The molecular formula is C23H25N5O3S. The van der Waals surface area contributed by atoms with Crippen LogP contribution < -0.4 is 15.5 Å². The fourth-order valence-electron chi connectivity index (χ4n) is 4.33. The van der Waals surface area contributed by atoms with Crippen molar-refractivity contribution in [2.75, 3.05) is 17.3 Å². The summed E-state index contributed by atoms with van der Waals surface area (Å²) in [4.78, 5) is 30.3. The second-order valence-corrected chi connectivity index (χ2v) is 8.48. The first kappa shape index (κ1) is 21.9. The molecule has 1 atom stereocenters. The van der Waals surface area contributed by atoms with Crippen LogP contribution in [0.4, 0.5) is 17.1 Å². The molecule has 8 nitrogen and oxygen atoms in total. The molecule has 0 radical (unpaired) electrons. The number of nitro benzene ring substituents is 1. The van der Waals surface area contributed by atoms with E-state index in [1.165, 1.54) is 18.6 Å². The SMILES string of the molecule is CN1C(=O)C(NC(=S)Nc2cccc([N+](=O)[O-])c2)N=C(C2CCCCC2)c2ccccc21. The number of hydrogen-bond donors (Lipinski definition) is 2. The van der Waals surface area contributed by atoms with Crippen LogP contribution in [0.2, 0.25) is 0 Å². The van der Waals surface area contributed by atoms with Crippen LogP contribution in [-0.2, 0) is 4.79 Å². The molecule has 32 heavy (non-hydrogen) atoms. The fraction of sp³-hybridized carbons (Fsp3) is 0.348. The van der Waals surface area contributed by atoms with E-state index < -0.39 is 11.1 Å². The van der Waals surface area contributed by atoms with E-state index in [2.05, 4.69) is 10.6 Å². The molecule has 2 aromatic rings. The van der Waals surface area contributed by atoms with Crippen LogP contribution in [-0.4, -0.2) is 34.9 Å². The summed E-state index contributed by atoms with van der Waals surface area (Å²) < 4.78 is 0. The van der Waals surface area contributed by atoms with Crippen LogP contribution >= 0.6 is 12.2 Å². The number of carbonyl (C=O) groups is 1. The van der Waals surface area contributed by atoms with Gasteiger partial charge in [0.15, 0.2) is 5.11 Å². The van der Waals surface area contributed by atoms with Crippen molar-refractivity contribution < 1.29 is 9.72 Å². The van der Waals surface area contributed by atoms with Gasteiger partial charge in [0.1, 0.15) is 0 Å². The molecule has 1 heterocycles. The van der Waals surface area contributed by atoms with Gasteiger partial charge in [0, 0.05) is 36.3 Å². The number of nitrogens with zero attached hydrogens (tertiary/aromatic N) is 3. The minimum absolute atomic E-state index is 0.0452. The number of carbonyl (C=O) groups excluding carboxylic acids is 1. The van der Waals surface area contributed by atoms with Crippen LogP contribution in [0.25, 0.3) is 0 Å². The maximum absolute atomic E-state index is 13.2. The van der Waals surface area contributed by atoms with Crippen LogP contribution in [0.1, 0.15) is 37.7 Å². The highest BCUT2D eigenvalue weighted by molar-refractivity contribution is 7.80. The van der Waals surface area contributed by atoms with E-state index in [0.717, 1.165) is 42.6 Å². The zero-order valence-corrected chi connectivity index (χ0v) is 18.6. The van der Waals surface area contributed by atoms with Crippen molar-refractivity contribution in [3.05, 3.63) is 64.2 Å². The van der Waals surface area contributed by atoms with Crippen molar-refractivity contribution in [2.45, 2.75) is 38.3 Å². The fourth-order valence-corrected chi connectivity index (χ4v) is 4.56. The Balaban J connectivity index is 1.61. The average molecular weight is 452 g/mol. The number of rotatable bonds is 4. The van der Waals surface area contributed by atoms with E-state index in [-0.39, 0.29) is 16.7 Å². The van der Waals surface area contributed by atoms with E-state index in [9.17, 15) is 14.9 Å². The first-order valence-electron chi connectivity index (χ1n) is 10.7. The van der Waals surface area contributed by atoms with Gasteiger partial charge < -0.3 is 15.5 Å². The average Bonchev–Trinajstić information content (AvgIpc) is 2.90. The number of para-hydroxylation sites is 1. The summed E-state index contributed by atoms with van der Waals surface area (Å²) in [6, 6.07) is 13.9. The van der Waals surface area contributed by atoms with E-state index in [1.807, 2.05) is 24.3 Å². The van der Waals surface area contributed by atoms with Crippen LogP contribution in [0.15, 0.2) is 53.5 Å². The summed E-state index contributed by atoms with van der Waals surface area (Å²) in [6.07, 6.45) is 4.75. The Morgan fingerprint density at radius 1 is 1.16 bits per heavy atom. The first-order chi connectivity index (χ1) is 15.4. The number of aliphatic imine (C=N–C) groups is 1. The number of non-ortho nitro benzene ring substituents is 1. The number of fused-ring (bicyclic) bond motifs is 1. The predicted molar refractivity (Wildman–Crippen MR) is 129 cm³/mol. The molecule has 2 aromatic carbocycles. The number of anilines is 2. The van der Waals surface area contributed by atoms with E-state index in [1.54, 1.807) is 24.1 Å². The molecule has 1 amide bonds. The lowest BCUT2D eigenvalue weighted by atomic mass is 9.83. The monoisotopic (exact) mass is 451 g/mol. The maximum atomic E-state index is 13.2. The van der Waals surface area contributed by atoms with Gasteiger partial charge in [0.05, 0.1) is 16.3 Å². The summed E-state index contributed by atoms with van der Waals surface area (Å²) in [5.41, 5.74) is 3.18. The van der Waals surface area contributed by atoms with Crippen molar-refractivity contribution in [3.8, 4) is 0 Å². The molecule has 0 aromatic heterocycles. The molecule has 1 saturated carbocycles. The summed E-state index contributed by atoms with van der Waals surface area (Å²) >= 11 is 5.41. The zero-order valence-electron chi connectivity index (χ0n) is 17.8. The van der Waals surface area contributed by atoms with E-state index in [0.29, 0.717) is 11.6 Å². The zero-order chi connectivity index (χ0) is 22.7. The molecule has 2 aliphatic rings. The minimum atomic E-state index is -0.886. The van der Waals surface area contributed by atoms with Crippen LogP contribution in [0.3, 0.4) is 0 Å². The van der Waals surface area contributed by atoms with Gasteiger partial charge in [0.2, 0.25) is 6.17 Å². The second kappa shape index (κ2) is 9.44. The van der Waals surface area contributed by atoms with Crippen molar-refractivity contribution >= 4 is 46.0 Å². The number of likely N-dealkylation sites (N-methyl/N-ethyl adjacent to an activating group) is 1. The summed E-state index contributed by atoms with van der Waals surface area (Å²) in [7, 11) is 1.74. The molecule has 9 heteroatoms. The molecule has 0 bridgehead atoms. The summed E-state index contributed by atoms with van der Waals surface area (Å²) in [5, 5.41) is 17.1. The highest BCUT2D eigenvalue weighted by Gasteiger charge is 2.33. The van der Waals surface area contributed by atoms with Gasteiger partial charge in [-0.3, -0.25) is 19.9 Å². The Hall–Kier alpha value is -3.33. The summed E-state index contributed by atoms with van der Waals surface area (Å²) in [5.74, 6) is 0.0817. The minimum Gasteiger partial charge on any atom is -0.333 e. The van der Waals surface area contributed by atoms with Gasteiger partial charge in [-0.1, -0.05) is 43.5 Å². The number of amides is 1. The standard InChI is InChI=1S/C23H25N5O3S/c1-27-19-13-6-5-12-18(19)20(15-8-3-2-4-9-15)25-21(22(27)29)26-23(32)24-16-10-7-11-17(14-16)28(30)31/h5-7,10-15,21H,2-4,8-9H2,1H3,(H2,24,26,32). The number of benzodiazepines with no additional fused rings is 1. The van der Waals surface area contributed by atoms with Crippen molar-refractivity contribution in [3.63, 3.8) is 0 Å². The quantitative estimate of drug-likeness (QED) is 0.409. The molecular weight excluding hydrogens is 426 g/mol. The molecule has 1 aliphatic carbocycles. The Bertz CT molecular complexity index is 1080. The Morgan fingerprint density at radius 3 is 2.66 bits per heavy atom. The lowest BCUT2D eigenvalue weighted by Gasteiger charge is -2.25. The van der Waals surface area contributed by atoms with Gasteiger partial charge in [-0.05, 0) is 37.2 Å². The maximum Gasteiger partial charge on any atom is 0.272 e. The summed E-state index contributed by atoms with van der Waals surface area (Å²) in [6.45, 7) is 0.